The molecule has 0 bridgehead atoms. The highest BCUT2D eigenvalue weighted by Crippen LogP contribution is 2.35. The molecule has 1 amide bonds. The van der Waals surface area contributed by atoms with Crippen molar-refractivity contribution in [2.75, 3.05) is 46.0 Å². The average molecular weight is 290 g/mol. The summed E-state index contributed by atoms with van der Waals surface area (Å²) < 4.78 is 10.9. The molecule has 1 aromatic carbocycles. The molecule has 3 rings (SSSR count). The van der Waals surface area contributed by atoms with Gasteiger partial charge in [0.25, 0.3) is 0 Å². The second-order valence-electron chi connectivity index (χ2n) is 5.55. The van der Waals surface area contributed by atoms with Crippen molar-refractivity contribution in [3.8, 4) is 5.75 Å². The van der Waals surface area contributed by atoms with Gasteiger partial charge in [0.2, 0.25) is 5.91 Å². The molecule has 5 nitrogen and oxygen atoms in total. The largest absolute Gasteiger partial charge is 0.493 e. The highest BCUT2D eigenvalue weighted by Gasteiger charge is 2.25. The molecule has 0 aromatic heterocycles. The Morgan fingerprint density at radius 1 is 1.29 bits per heavy atom. The lowest BCUT2D eigenvalue weighted by atomic mass is 9.98. The average Bonchev–Trinajstić information content (AvgIpc) is 2.92. The Balaban J connectivity index is 1.40. The summed E-state index contributed by atoms with van der Waals surface area (Å²) in [4.78, 5) is 14.4. The summed E-state index contributed by atoms with van der Waals surface area (Å²) in [5.74, 6) is 1.21. The number of amides is 1. The van der Waals surface area contributed by atoms with Crippen LogP contribution in [-0.2, 0) is 9.53 Å². The van der Waals surface area contributed by atoms with Crippen molar-refractivity contribution < 1.29 is 14.3 Å². The minimum Gasteiger partial charge on any atom is -0.493 e. The lowest BCUT2D eigenvalue weighted by Gasteiger charge is -2.26. The molecule has 1 saturated heterocycles. The van der Waals surface area contributed by atoms with Crippen molar-refractivity contribution in [2.24, 2.45) is 0 Å². The minimum absolute atomic E-state index is 0.105. The standard InChI is InChI=1S/C16H22N2O3/c19-16(17-5-6-18-7-9-20-10-8-18)11-13-12-21-15-4-2-1-3-14(13)15/h1-4,13H,5-12H2,(H,17,19). The van der Waals surface area contributed by atoms with Gasteiger partial charge in [0.05, 0.1) is 19.8 Å². The maximum atomic E-state index is 12.0. The number of carbonyl (C=O) groups is 1. The van der Waals surface area contributed by atoms with E-state index in [0.717, 1.165) is 44.2 Å². The fraction of sp³-hybridized carbons (Fsp3) is 0.562. The fourth-order valence-corrected chi connectivity index (χ4v) is 2.87. The van der Waals surface area contributed by atoms with E-state index in [4.69, 9.17) is 9.47 Å². The fourth-order valence-electron chi connectivity index (χ4n) is 2.87. The molecule has 2 aliphatic heterocycles. The minimum atomic E-state index is 0.105. The van der Waals surface area contributed by atoms with E-state index in [1.165, 1.54) is 0 Å². The number of benzene rings is 1. The first-order valence-corrected chi connectivity index (χ1v) is 7.61. The van der Waals surface area contributed by atoms with Crippen molar-refractivity contribution in [1.29, 1.82) is 0 Å². The molecule has 5 heteroatoms. The third-order valence-corrected chi connectivity index (χ3v) is 4.08. The van der Waals surface area contributed by atoms with E-state index in [1.807, 2.05) is 24.3 Å². The molecule has 1 atom stereocenters. The number of rotatable bonds is 5. The van der Waals surface area contributed by atoms with E-state index in [9.17, 15) is 4.79 Å². The third kappa shape index (κ3) is 3.74. The molecule has 0 aliphatic carbocycles. The van der Waals surface area contributed by atoms with E-state index in [1.54, 1.807) is 0 Å². The number of morpholine rings is 1. The van der Waals surface area contributed by atoms with Crippen LogP contribution in [-0.4, -0.2) is 56.8 Å². The van der Waals surface area contributed by atoms with Crippen LogP contribution in [0.15, 0.2) is 24.3 Å². The predicted octanol–water partition coefficient (Wildman–Crippen LogP) is 1.00. The van der Waals surface area contributed by atoms with Crippen LogP contribution >= 0.6 is 0 Å². The van der Waals surface area contributed by atoms with E-state index in [2.05, 4.69) is 10.2 Å². The molecule has 1 fully saturated rings. The quantitative estimate of drug-likeness (QED) is 0.879. The SMILES string of the molecule is O=C(CC1COc2ccccc21)NCCN1CCOCC1. The van der Waals surface area contributed by atoms with Crippen LogP contribution in [0.1, 0.15) is 17.9 Å². The van der Waals surface area contributed by atoms with Gasteiger partial charge < -0.3 is 14.8 Å². The molecule has 1 aromatic rings. The van der Waals surface area contributed by atoms with Crippen LogP contribution in [0.3, 0.4) is 0 Å². The summed E-state index contributed by atoms with van der Waals surface area (Å²) >= 11 is 0. The third-order valence-electron chi connectivity index (χ3n) is 4.08. The Kier molecular flexibility index (Phi) is 4.72. The molecule has 0 spiro atoms. The smallest absolute Gasteiger partial charge is 0.220 e. The second-order valence-corrected chi connectivity index (χ2v) is 5.55. The Bertz CT molecular complexity index is 486. The van der Waals surface area contributed by atoms with Crippen molar-refractivity contribution >= 4 is 5.91 Å². The van der Waals surface area contributed by atoms with Crippen molar-refractivity contribution in [2.45, 2.75) is 12.3 Å². The summed E-state index contributed by atoms with van der Waals surface area (Å²) in [6.07, 6.45) is 0.500. The van der Waals surface area contributed by atoms with Crippen LogP contribution in [0.25, 0.3) is 0 Å². The highest BCUT2D eigenvalue weighted by atomic mass is 16.5. The Morgan fingerprint density at radius 2 is 2.10 bits per heavy atom. The van der Waals surface area contributed by atoms with E-state index < -0.39 is 0 Å². The first-order valence-electron chi connectivity index (χ1n) is 7.61. The second kappa shape index (κ2) is 6.91. The molecule has 1 unspecified atom stereocenters. The molecule has 0 saturated carbocycles. The van der Waals surface area contributed by atoms with Crippen molar-refractivity contribution in [3.63, 3.8) is 0 Å². The Labute approximate surface area is 125 Å². The summed E-state index contributed by atoms with van der Waals surface area (Å²) in [5, 5.41) is 3.01. The van der Waals surface area contributed by atoms with Crippen LogP contribution in [0.4, 0.5) is 0 Å². The maximum Gasteiger partial charge on any atom is 0.220 e. The van der Waals surface area contributed by atoms with Gasteiger partial charge in [-0.05, 0) is 6.07 Å². The van der Waals surface area contributed by atoms with Gasteiger partial charge in [-0.2, -0.15) is 0 Å². The number of nitrogens with one attached hydrogen (secondary N) is 1. The normalized spacial score (nSPS) is 21.6. The van der Waals surface area contributed by atoms with Gasteiger partial charge in [-0.15, -0.1) is 0 Å². The molecule has 21 heavy (non-hydrogen) atoms. The Morgan fingerprint density at radius 3 is 2.95 bits per heavy atom. The molecule has 0 radical (unpaired) electrons. The lowest BCUT2D eigenvalue weighted by molar-refractivity contribution is -0.121. The first kappa shape index (κ1) is 14.4. The first-order chi connectivity index (χ1) is 10.3. The molecule has 114 valence electrons. The van der Waals surface area contributed by atoms with E-state index in [-0.39, 0.29) is 11.8 Å². The summed E-state index contributed by atoms with van der Waals surface area (Å²) in [6.45, 7) is 5.71. The summed E-state index contributed by atoms with van der Waals surface area (Å²) in [5.41, 5.74) is 1.15. The number of hydrogen-bond donors (Lipinski definition) is 1. The molecular formula is C16H22N2O3. The molecule has 1 N–H and O–H groups in total. The monoisotopic (exact) mass is 290 g/mol. The summed E-state index contributed by atoms with van der Waals surface area (Å²) in [6, 6.07) is 7.97. The van der Waals surface area contributed by atoms with Gasteiger partial charge >= 0.3 is 0 Å². The zero-order valence-electron chi connectivity index (χ0n) is 12.2. The molecule has 2 heterocycles. The molecule has 2 aliphatic rings. The zero-order valence-corrected chi connectivity index (χ0v) is 12.2. The zero-order chi connectivity index (χ0) is 14.5. The highest BCUT2D eigenvalue weighted by molar-refractivity contribution is 5.77. The number of ether oxygens (including phenoxy) is 2. The number of para-hydroxylation sites is 1. The number of fused-ring (bicyclic) bond motifs is 1. The van der Waals surface area contributed by atoms with Gasteiger partial charge in [0.1, 0.15) is 5.75 Å². The van der Waals surface area contributed by atoms with Gasteiger partial charge in [-0.3, -0.25) is 9.69 Å². The maximum absolute atomic E-state index is 12.0. The van der Waals surface area contributed by atoms with Gasteiger partial charge in [0, 0.05) is 44.1 Å². The topological polar surface area (TPSA) is 50.8 Å². The van der Waals surface area contributed by atoms with E-state index >= 15 is 0 Å². The van der Waals surface area contributed by atoms with Crippen molar-refractivity contribution in [1.82, 2.24) is 10.2 Å². The van der Waals surface area contributed by atoms with Crippen LogP contribution in [0.2, 0.25) is 0 Å². The number of carbonyl (C=O) groups excluding carboxylic acids is 1. The lowest BCUT2D eigenvalue weighted by Crippen LogP contribution is -2.41. The van der Waals surface area contributed by atoms with Crippen molar-refractivity contribution in [3.05, 3.63) is 29.8 Å². The van der Waals surface area contributed by atoms with Gasteiger partial charge in [-0.1, -0.05) is 18.2 Å². The molecular weight excluding hydrogens is 268 g/mol. The van der Waals surface area contributed by atoms with Gasteiger partial charge in [0.15, 0.2) is 0 Å². The van der Waals surface area contributed by atoms with Gasteiger partial charge in [-0.25, -0.2) is 0 Å². The number of nitrogens with zero attached hydrogens (tertiary/aromatic N) is 1. The summed E-state index contributed by atoms with van der Waals surface area (Å²) in [7, 11) is 0. The van der Waals surface area contributed by atoms with Crippen LogP contribution in [0, 0.1) is 0 Å². The number of hydrogen-bond acceptors (Lipinski definition) is 4. The predicted molar refractivity (Wildman–Crippen MR) is 79.6 cm³/mol. The van der Waals surface area contributed by atoms with E-state index in [0.29, 0.717) is 19.6 Å². The Hall–Kier alpha value is -1.59. The van der Waals surface area contributed by atoms with Crippen LogP contribution in [0.5, 0.6) is 5.75 Å². The van der Waals surface area contributed by atoms with Crippen LogP contribution < -0.4 is 10.1 Å².